The molecule has 1 aromatic heterocycles. The fourth-order valence-corrected chi connectivity index (χ4v) is 6.44. The first-order valence-corrected chi connectivity index (χ1v) is 17.2. The molecule has 3 amide bonds. The first-order chi connectivity index (χ1) is 24.4. The average Bonchev–Trinajstić information content (AvgIpc) is 3.64. The maximum atomic E-state index is 14.5. The number of aromatic nitrogens is 1. The number of nitrogens with one attached hydrogen (secondary N) is 2. The number of amides is 3. The van der Waals surface area contributed by atoms with Crippen molar-refractivity contribution in [3.63, 3.8) is 0 Å². The van der Waals surface area contributed by atoms with Gasteiger partial charge in [-0.25, -0.2) is 14.6 Å². The van der Waals surface area contributed by atoms with E-state index in [1.807, 2.05) is 30.3 Å². The number of hydrogen-bond donors (Lipinski definition) is 3. The second kappa shape index (κ2) is 14.4. The Labute approximate surface area is 303 Å². The molecule has 1 saturated carbocycles. The van der Waals surface area contributed by atoms with E-state index in [4.69, 9.17) is 23.9 Å². The Morgan fingerprint density at radius 3 is 2.31 bits per heavy atom. The maximum absolute atomic E-state index is 14.5. The number of rotatable bonds is 11. The number of carbonyl (C=O) groups is 4. The molecule has 3 aromatic rings. The van der Waals surface area contributed by atoms with Crippen molar-refractivity contribution in [2.45, 2.75) is 83.7 Å². The highest BCUT2D eigenvalue weighted by atomic mass is 16.6. The number of ether oxygens (including phenoxy) is 4. The number of pyridine rings is 1. The van der Waals surface area contributed by atoms with Crippen molar-refractivity contribution in [3.8, 4) is 28.5 Å². The summed E-state index contributed by atoms with van der Waals surface area (Å²) in [5.41, 5.74) is -1.17. The molecule has 1 aliphatic heterocycles. The highest BCUT2D eigenvalue weighted by Gasteiger charge is 2.61. The number of carboxylic acid groups (broad SMARTS) is 1. The van der Waals surface area contributed by atoms with E-state index >= 15 is 0 Å². The topological polar surface area (TPSA) is 166 Å². The molecule has 1 unspecified atom stereocenters. The zero-order chi connectivity index (χ0) is 38.2. The minimum Gasteiger partial charge on any atom is -0.497 e. The summed E-state index contributed by atoms with van der Waals surface area (Å²) in [4.78, 5) is 60.0. The van der Waals surface area contributed by atoms with E-state index in [2.05, 4.69) is 17.2 Å². The first-order valence-electron chi connectivity index (χ1n) is 17.2. The number of methoxy groups -OCH3 is 2. The van der Waals surface area contributed by atoms with E-state index in [0.717, 1.165) is 5.56 Å². The van der Waals surface area contributed by atoms with Gasteiger partial charge in [0.2, 0.25) is 11.8 Å². The zero-order valence-electron chi connectivity index (χ0n) is 30.9. The summed E-state index contributed by atoms with van der Waals surface area (Å²) in [6.45, 7) is 14.2. The summed E-state index contributed by atoms with van der Waals surface area (Å²) in [7, 11) is 3.15. The minimum absolute atomic E-state index is 0.0288. The van der Waals surface area contributed by atoms with E-state index in [0.29, 0.717) is 33.8 Å². The van der Waals surface area contributed by atoms with Crippen LogP contribution in [-0.4, -0.2) is 89.0 Å². The Morgan fingerprint density at radius 2 is 1.71 bits per heavy atom. The molecular formula is C39H48N4O9. The molecule has 1 aliphatic carbocycles. The summed E-state index contributed by atoms with van der Waals surface area (Å²) < 4.78 is 23.0. The van der Waals surface area contributed by atoms with Crippen LogP contribution >= 0.6 is 0 Å². The molecule has 0 bridgehead atoms. The molecule has 3 N–H and O–H groups in total. The number of fused-ring (bicyclic) bond motifs is 1. The van der Waals surface area contributed by atoms with Crippen LogP contribution in [0.5, 0.6) is 17.2 Å². The number of carboxylic acids is 1. The largest absolute Gasteiger partial charge is 0.497 e. The minimum atomic E-state index is -1.52. The van der Waals surface area contributed by atoms with Crippen molar-refractivity contribution in [1.82, 2.24) is 20.5 Å². The number of hydrogen-bond acceptors (Lipinski definition) is 9. The molecular weight excluding hydrogens is 668 g/mol. The lowest BCUT2D eigenvalue weighted by atomic mass is 9.85. The van der Waals surface area contributed by atoms with E-state index in [1.165, 1.54) is 11.0 Å². The summed E-state index contributed by atoms with van der Waals surface area (Å²) in [6, 6.07) is 12.4. The number of alkyl carbamates (subject to hydrolysis) is 1. The van der Waals surface area contributed by atoms with Crippen LogP contribution in [0.4, 0.5) is 4.79 Å². The Balaban J connectivity index is 1.52. The fourth-order valence-electron chi connectivity index (χ4n) is 6.44. The molecule has 2 fully saturated rings. The average molecular weight is 717 g/mol. The lowest BCUT2D eigenvalue weighted by Gasteiger charge is -2.35. The monoisotopic (exact) mass is 716 g/mol. The number of likely N-dealkylation sites (tertiary alicyclic amines) is 1. The molecule has 13 nitrogen and oxygen atoms in total. The van der Waals surface area contributed by atoms with Crippen LogP contribution in [0.25, 0.3) is 22.2 Å². The number of aliphatic carboxylic acids is 1. The summed E-state index contributed by atoms with van der Waals surface area (Å²) in [5.74, 6) is -1.12. The third kappa shape index (κ3) is 8.08. The Hall–Kier alpha value is -5.33. The molecule has 52 heavy (non-hydrogen) atoms. The van der Waals surface area contributed by atoms with Gasteiger partial charge in [0.15, 0.2) is 0 Å². The van der Waals surface area contributed by atoms with Gasteiger partial charge in [0, 0.05) is 35.4 Å². The third-order valence-electron chi connectivity index (χ3n) is 9.29. The van der Waals surface area contributed by atoms with Crippen LogP contribution in [0, 0.1) is 11.3 Å². The van der Waals surface area contributed by atoms with Crippen molar-refractivity contribution < 1.29 is 43.2 Å². The second-order valence-electron chi connectivity index (χ2n) is 15.4. The standard InChI is InChI=1S/C39H48N4O9/c1-10-23-20-39(23,35(46)47)42-33(44)30-18-26(21-43(30)34(45)32(37(2,3)4)41-36(48)52-38(5,6)7)51-31-19-28(22-12-11-13-24(16-22)49-8)40-29-17-25(50-9)14-15-27(29)31/h10-17,19,23,26,30,32H,1,18,20-21H2,2-9H3,(H,41,48)(H,42,44)(H,46,47)/t23-,26+,30-,32+,39?/m0/s1. The fraction of sp³-hybridized carbons (Fsp3) is 0.462. The highest BCUT2D eigenvalue weighted by molar-refractivity contribution is 5.96. The predicted octanol–water partition coefficient (Wildman–Crippen LogP) is 5.35. The highest BCUT2D eigenvalue weighted by Crippen LogP contribution is 2.45. The third-order valence-corrected chi connectivity index (χ3v) is 9.29. The van der Waals surface area contributed by atoms with Crippen LogP contribution in [0.2, 0.25) is 0 Å². The smallest absolute Gasteiger partial charge is 0.408 e. The maximum Gasteiger partial charge on any atom is 0.408 e. The lowest BCUT2D eigenvalue weighted by Crippen LogP contribution is -2.59. The molecule has 5 atom stereocenters. The second-order valence-corrected chi connectivity index (χ2v) is 15.4. The molecule has 2 aromatic carbocycles. The van der Waals surface area contributed by atoms with Gasteiger partial charge in [0.1, 0.15) is 46.6 Å². The van der Waals surface area contributed by atoms with E-state index < -0.39 is 64.5 Å². The van der Waals surface area contributed by atoms with E-state index in [9.17, 15) is 24.3 Å². The number of carbonyl (C=O) groups excluding carboxylic acids is 3. The molecule has 5 rings (SSSR count). The molecule has 0 spiro atoms. The normalized spacial score (nSPS) is 21.8. The van der Waals surface area contributed by atoms with Crippen molar-refractivity contribution in [2.75, 3.05) is 20.8 Å². The van der Waals surface area contributed by atoms with Gasteiger partial charge in [0.25, 0.3) is 0 Å². The van der Waals surface area contributed by atoms with Gasteiger partial charge in [-0.1, -0.05) is 39.0 Å². The van der Waals surface area contributed by atoms with Crippen LogP contribution in [0.1, 0.15) is 54.4 Å². The summed E-state index contributed by atoms with van der Waals surface area (Å²) in [6.07, 6.45) is 0.241. The predicted molar refractivity (Wildman–Crippen MR) is 194 cm³/mol. The van der Waals surface area contributed by atoms with Crippen molar-refractivity contribution in [1.29, 1.82) is 0 Å². The quantitative estimate of drug-likeness (QED) is 0.220. The van der Waals surface area contributed by atoms with Gasteiger partial charge in [-0.05, 0) is 56.9 Å². The SMILES string of the molecule is C=C[C@H]1CC1(NC(=O)[C@@H]1C[C@@H](Oc2cc(-c3cccc(OC)c3)nc3cc(OC)ccc23)CN1C(=O)[C@@H](NC(=O)OC(C)(C)C)C(C)(C)C)C(=O)O. The Bertz CT molecular complexity index is 1880. The molecule has 1 saturated heterocycles. The molecule has 2 heterocycles. The van der Waals surface area contributed by atoms with Gasteiger partial charge < -0.3 is 39.6 Å². The first kappa shape index (κ1) is 37.9. The van der Waals surface area contributed by atoms with Crippen molar-refractivity contribution in [3.05, 3.63) is 61.2 Å². The van der Waals surface area contributed by atoms with Gasteiger partial charge in [-0.15, -0.1) is 6.58 Å². The molecule has 0 radical (unpaired) electrons. The number of benzene rings is 2. The van der Waals surface area contributed by atoms with Crippen molar-refractivity contribution >= 4 is 34.8 Å². The molecule has 2 aliphatic rings. The molecule has 13 heteroatoms. The molecule has 278 valence electrons. The van der Waals surface area contributed by atoms with Crippen LogP contribution in [-0.2, 0) is 19.1 Å². The summed E-state index contributed by atoms with van der Waals surface area (Å²) >= 11 is 0. The van der Waals surface area contributed by atoms with Crippen LogP contribution in [0.3, 0.4) is 0 Å². The van der Waals surface area contributed by atoms with Gasteiger partial charge >= 0.3 is 12.1 Å². The number of nitrogens with zero attached hydrogens (tertiary/aromatic N) is 2. The van der Waals surface area contributed by atoms with Gasteiger partial charge in [-0.3, -0.25) is 9.59 Å². The zero-order valence-corrected chi connectivity index (χ0v) is 30.9. The lowest BCUT2D eigenvalue weighted by molar-refractivity contribution is -0.146. The van der Waals surface area contributed by atoms with Crippen molar-refractivity contribution in [2.24, 2.45) is 11.3 Å². The van der Waals surface area contributed by atoms with Crippen LogP contribution < -0.4 is 24.8 Å². The Kier molecular flexibility index (Phi) is 10.5. The summed E-state index contributed by atoms with van der Waals surface area (Å²) in [5, 5.41) is 16.1. The van der Waals surface area contributed by atoms with E-state index in [1.54, 1.807) is 74.0 Å². The van der Waals surface area contributed by atoms with Gasteiger partial charge in [0.05, 0.1) is 32.0 Å². The Morgan fingerprint density at radius 1 is 1.02 bits per heavy atom. The van der Waals surface area contributed by atoms with E-state index in [-0.39, 0.29) is 19.4 Å². The van der Waals surface area contributed by atoms with Crippen LogP contribution in [0.15, 0.2) is 61.2 Å². The van der Waals surface area contributed by atoms with Gasteiger partial charge in [-0.2, -0.15) is 0 Å².